The topological polar surface area (TPSA) is 24.1 Å². The molecule has 0 unspecified atom stereocenters. The molecule has 0 aromatic carbocycles. The van der Waals surface area contributed by atoms with E-state index in [1.165, 1.54) is 77.0 Å². The lowest BCUT2D eigenvalue weighted by atomic mass is 9.42. The van der Waals surface area contributed by atoms with Crippen molar-refractivity contribution in [3.63, 3.8) is 0 Å². The minimum absolute atomic E-state index is 0.416. The molecule has 0 spiro atoms. The molecule has 0 saturated heterocycles. The molecule has 0 aliphatic heterocycles. The summed E-state index contributed by atoms with van der Waals surface area (Å²) in [4.78, 5) is 0. The molecule has 12 rings (SSSR count). The maximum atomic E-state index is 4.49. The molecule has 208 valence electrons. The van der Waals surface area contributed by atoms with Crippen molar-refractivity contribution in [2.24, 2.45) is 58.2 Å². The van der Waals surface area contributed by atoms with Crippen LogP contribution in [0.5, 0.6) is 0 Å². The van der Waals surface area contributed by atoms with E-state index in [1.54, 1.807) is 49.9 Å². The van der Waals surface area contributed by atoms with Crippen molar-refractivity contribution >= 4 is 0 Å². The van der Waals surface area contributed by atoms with Crippen molar-refractivity contribution in [3.8, 4) is 0 Å². The van der Waals surface area contributed by atoms with Crippen molar-refractivity contribution in [2.45, 2.75) is 141 Å². The smallest absolute Gasteiger partial charge is 0.0378 e. The molecule has 2 heteroatoms. The third-order valence-electron chi connectivity index (χ3n) is 14.7. The van der Waals surface area contributed by atoms with Gasteiger partial charge in [-0.1, -0.05) is 12.2 Å². The van der Waals surface area contributed by atoms with Gasteiger partial charge in [0.05, 0.1) is 0 Å². The third kappa shape index (κ3) is 3.42. The fourth-order valence-corrected chi connectivity index (χ4v) is 15.0. The van der Waals surface area contributed by atoms with Crippen molar-refractivity contribution in [3.05, 3.63) is 23.5 Å². The van der Waals surface area contributed by atoms with E-state index in [0.29, 0.717) is 21.9 Å². The molecule has 0 amide bonds. The van der Waals surface area contributed by atoms with E-state index < -0.39 is 0 Å². The van der Waals surface area contributed by atoms with Crippen LogP contribution in [0.2, 0.25) is 0 Å². The highest BCUT2D eigenvalue weighted by molar-refractivity contribution is 5.30. The third-order valence-corrected chi connectivity index (χ3v) is 14.7. The van der Waals surface area contributed by atoms with Gasteiger partial charge in [-0.15, -0.1) is 0 Å². The first-order valence-corrected chi connectivity index (χ1v) is 17.3. The standard InChI is InChI=1S/C36H54N2/c1-3-31(37-35-16-23-5-24(17-35)7-25(6-23)18-35)33-12-29-11-30(13-33)15-34(14-29,22-33)32(4-2)38-36-19-26-8-27(20-36)10-28(9-26)21-36/h3-4,23-30,37-38H,5-22H2,1-2H3. The van der Waals surface area contributed by atoms with Gasteiger partial charge in [0, 0.05) is 33.3 Å². The predicted molar refractivity (Wildman–Crippen MR) is 155 cm³/mol. The van der Waals surface area contributed by atoms with Crippen LogP contribution in [0.1, 0.15) is 129 Å². The Morgan fingerprint density at radius 3 is 1.03 bits per heavy atom. The van der Waals surface area contributed by atoms with Crippen LogP contribution in [0, 0.1) is 58.2 Å². The van der Waals surface area contributed by atoms with Gasteiger partial charge in [0.15, 0.2) is 0 Å². The van der Waals surface area contributed by atoms with Crippen molar-refractivity contribution in [2.75, 3.05) is 0 Å². The number of hydrogen-bond donors (Lipinski definition) is 2. The Balaban J connectivity index is 1.02. The molecule has 12 aliphatic carbocycles. The molecular formula is C36H54N2. The van der Waals surface area contributed by atoms with Gasteiger partial charge in [-0.2, -0.15) is 0 Å². The van der Waals surface area contributed by atoms with Crippen LogP contribution >= 0.6 is 0 Å². The zero-order valence-corrected chi connectivity index (χ0v) is 24.5. The van der Waals surface area contributed by atoms with Gasteiger partial charge in [0.2, 0.25) is 0 Å². The lowest BCUT2D eigenvalue weighted by Gasteiger charge is -2.66. The maximum Gasteiger partial charge on any atom is 0.0378 e. The van der Waals surface area contributed by atoms with Gasteiger partial charge >= 0.3 is 0 Å². The highest BCUT2D eigenvalue weighted by Crippen LogP contribution is 2.70. The summed E-state index contributed by atoms with van der Waals surface area (Å²) in [7, 11) is 0. The minimum Gasteiger partial charge on any atom is -0.383 e. The van der Waals surface area contributed by atoms with Gasteiger partial charge in [-0.25, -0.2) is 0 Å². The van der Waals surface area contributed by atoms with E-state index in [-0.39, 0.29) is 0 Å². The second-order valence-electron chi connectivity index (χ2n) is 17.6. The summed E-state index contributed by atoms with van der Waals surface area (Å²) in [5, 5.41) is 8.98. The molecule has 2 nitrogen and oxygen atoms in total. The van der Waals surface area contributed by atoms with E-state index in [0.717, 1.165) is 47.3 Å². The molecule has 12 aliphatic rings. The highest BCUT2D eigenvalue weighted by Gasteiger charge is 2.62. The van der Waals surface area contributed by atoms with Crippen molar-refractivity contribution < 1.29 is 0 Å². The normalized spacial score (nSPS) is 57.6. The summed E-state index contributed by atoms with van der Waals surface area (Å²) >= 11 is 0. The Bertz CT molecular complexity index is 897. The lowest BCUT2D eigenvalue weighted by Crippen LogP contribution is -2.63. The second-order valence-corrected chi connectivity index (χ2v) is 17.6. The van der Waals surface area contributed by atoms with E-state index in [2.05, 4.69) is 36.6 Å². The van der Waals surface area contributed by atoms with Crippen LogP contribution in [0.3, 0.4) is 0 Å². The fraction of sp³-hybridized carbons (Fsp3) is 0.889. The van der Waals surface area contributed by atoms with Gasteiger partial charge in [0.25, 0.3) is 0 Å². The zero-order valence-electron chi connectivity index (χ0n) is 24.5. The van der Waals surface area contributed by atoms with Gasteiger partial charge in [-0.3, -0.25) is 0 Å². The number of allylic oxidation sites excluding steroid dienone is 4. The number of hydrogen-bond acceptors (Lipinski definition) is 2. The highest BCUT2D eigenvalue weighted by atomic mass is 15.1. The van der Waals surface area contributed by atoms with E-state index in [4.69, 9.17) is 0 Å². The van der Waals surface area contributed by atoms with Crippen LogP contribution in [-0.2, 0) is 0 Å². The molecule has 0 radical (unpaired) electrons. The van der Waals surface area contributed by atoms with Crippen LogP contribution in [-0.4, -0.2) is 11.1 Å². The molecule has 38 heavy (non-hydrogen) atoms. The Morgan fingerprint density at radius 2 is 0.737 bits per heavy atom. The molecule has 0 atom stereocenters. The molecule has 0 heterocycles. The summed E-state index contributed by atoms with van der Waals surface area (Å²) < 4.78 is 0. The first-order valence-electron chi connectivity index (χ1n) is 17.3. The first-order chi connectivity index (χ1) is 18.4. The number of rotatable bonds is 6. The summed E-state index contributed by atoms with van der Waals surface area (Å²) in [5.74, 6) is 8.02. The van der Waals surface area contributed by atoms with Crippen molar-refractivity contribution in [1.82, 2.24) is 10.6 Å². The van der Waals surface area contributed by atoms with Crippen LogP contribution in [0.25, 0.3) is 0 Å². The second kappa shape index (κ2) is 7.88. The Hall–Kier alpha value is -0.920. The fourth-order valence-electron chi connectivity index (χ4n) is 15.0. The molecular weight excluding hydrogens is 460 g/mol. The van der Waals surface area contributed by atoms with E-state index >= 15 is 0 Å². The monoisotopic (exact) mass is 514 g/mol. The lowest BCUT2D eigenvalue weighted by molar-refractivity contribution is -0.0916. The minimum atomic E-state index is 0.416. The predicted octanol–water partition coefficient (Wildman–Crippen LogP) is 8.50. The van der Waals surface area contributed by atoms with Crippen molar-refractivity contribution in [1.29, 1.82) is 0 Å². The first kappa shape index (κ1) is 23.8. The average Bonchev–Trinajstić information content (AvgIpc) is 2.83. The zero-order chi connectivity index (χ0) is 25.3. The summed E-state index contributed by atoms with van der Waals surface area (Å²) in [6.07, 6.45) is 32.1. The molecule has 0 aromatic rings. The average molecular weight is 515 g/mol. The van der Waals surface area contributed by atoms with Gasteiger partial charge in [0.1, 0.15) is 0 Å². The Labute approximate surface area is 232 Å². The van der Waals surface area contributed by atoms with E-state index in [1.807, 2.05) is 0 Å². The Morgan fingerprint density at radius 1 is 0.447 bits per heavy atom. The molecule has 12 saturated carbocycles. The van der Waals surface area contributed by atoms with Crippen LogP contribution in [0.4, 0.5) is 0 Å². The quantitative estimate of drug-likeness (QED) is 0.371. The van der Waals surface area contributed by atoms with E-state index in [9.17, 15) is 0 Å². The summed E-state index contributed by atoms with van der Waals surface area (Å²) in [6, 6.07) is 0. The summed E-state index contributed by atoms with van der Waals surface area (Å²) in [6.45, 7) is 4.77. The Kier molecular flexibility index (Phi) is 4.92. The SMILES string of the molecule is CC=C(NC12CC3CC(CC(C3)C1)C2)C12CC3CC(C1)CC(C(=CC)NC14CC5CC(CC(C5)C1)C4)(C3)C2. The van der Waals surface area contributed by atoms with Gasteiger partial charge < -0.3 is 10.6 Å². The van der Waals surface area contributed by atoms with Crippen LogP contribution in [0.15, 0.2) is 23.5 Å². The molecule has 2 N–H and O–H groups in total. The number of nitrogens with one attached hydrogen (secondary N) is 2. The molecule has 0 aromatic heterocycles. The largest absolute Gasteiger partial charge is 0.383 e. The molecule has 12 fully saturated rings. The molecule has 12 bridgehead atoms. The van der Waals surface area contributed by atoms with Crippen LogP contribution < -0.4 is 10.6 Å². The maximum absolute atomic E-state index is 4.49. The summed E-state index contributed by atoms with van der Waals surface area (Å²) in [5.41, 5.74) is 5.13. The van der Waals surface area contributed by atoms with Gasteiger partial charge in [-0.05, 0) is 177 Å².